The molecule has 4 nitrogen and oxygen atoms in total. The summed E-state index contributed by atoms with van der Waals surface area (Å²) in [5.74, 6) is 0. The summed E-state index contributed by atoms with van der Waals surface area (Å²) >= 11 is 0. The van der Waals surface area contributed by atoms with E-state index in [1.165, 1.54) is 5.69 Å². The minimum atomic E-state index is 0.797. The standard InChI is InChI=1S/C14H18N4/c1-17-6-8-18(9-7-17)14-4-5-16-13-3-2-11(15)10-12(13)14/h2-5,10H,6-9,15H2,1H3. The van der Waals surface area contributed by atoms with Gasteiger partial charge in [-0.05, 0) is 31.3 Å². The van der Waals surface area contributed by atoms with E-state index in [9.17, 15) is 0 Å². The molecule has 1 fully saturated rings. The molecule has 18 heavy (non-hydrogen) atoms. The van der Waals surface area contributed by atoms with Gasteiger partial charge in [0.15, 0.2) is 0 Å². The SMILES string of the molecule is CN1CCN(c2ccnc3ccc(N)cc23)CC1. The van der Waals surface area contributed by atoms with Crippen LogP contribution in [-0.4, -0.2) is 43.1 Å². The summed E-state index contributed by atoms with van der Waals surface area (Å²) in [6.45, 7) is 4.33. The maximum Gasteiger partial charge on any atom is 0.0724 e. The molecule has 0 amide bonds. The first-order valence-corrected chi connectivity index (χ1v) is 6.32. The second-order valence-electron chi connectivity index (χ2n) is 4.90. The molecule has 0 unspecified atom stereocenters. The van der Waals surface area contributed by atoms with Crippen LogP contribution in [-0.2, 0) is 0 Å². The zero-order chi connectivity index (χ0) is 12.5. The molecule has 2 aromatic rings. The predicted octanol–water partition coefficient (Wildman–Crippen LogP) is 1.57. The molecule has 0 atom stereocenters. The quantitative estimate of drug-likeness (QED) is 0.771. The van der Waals surface area contributed by atoms with Crippen molar-refractivity contribution in [3.05, 3.63) is 30.5 Å². The van der Waals surface area contributed by atoms with Gasteiger partial charge in [-0.1, -0.05) is 0 Å². The van der Waals surface area contributed by atoms with Crippen molar-refractivity contribution in [3.8, 4) is 0 Å². The van der Waals surface area contributed by atoms with Crippen LogP contribution >= 0.6 is 0 Å². The number of piperazine rings is 1. The lowest BCUT2D eigenvalue weighted by atomic mass is 10.1. The molecule has 3 rings (SSSR count). The summed E-state index contributed by atoms with van der Waals surface area (Å²) < 4.78 is 0. The normalized spacial score (nSPS) is 17.3. The monoisotopic (exact) mass is 242 g/mol. The number of hydrogen-bond donors (Lipinski definition) is 1. The molecular formula is C14H18N4. The molecule has 2 N–H and O–H groups in total. The number of rotatable bonds is 1. The van der Waals surface area contributed by atoms with E-state index in [1.54, 1.807) is 0 Å². The van der Waals surface area contributed by atoms with Crippen molar-refractivity contribution < 1.29 is 0 Å². The highest BCUT2D eigenvalue weighted by Gasteiger charge is 2.16. The number of anilines is 2. The fraction of sp³-hybridized carbons (Fsp3) is 0.357. The van der Waals surface area contributed by atoms with Crippen molar-refractivity contribution in [1.82, 2.24) is 9.88 Å². The molecule has 1 aliphatic rings. The van der Waals surface area contributed by atoms with Crippen LogP contribution in [0, 0.1) is 0 Å². The molecule has 1 saturated heterocycles. The average Bonchev–Trinajstić information content (AvgIpc) is 2.39. The molecule has 1 aromatic carbocycles. The van der Waals surface area contributed by atoms with Gasteiger partial charge < -0.3 is 15.5 Å². The van der Waals surface area contributed by atoms with Crippen LogP contribution in [0.5, 0.6) is 0 Å². The van der Waals surface area contributed by atoms with Crippen molar-refractivity contribution in [3.63, 3.8) is 0 Å². The van der Waals surface area contributed by atoms with Crippen LogP contribution in [0.1, 0.15) is 0 Å². The Kier molecular flexibility index (Phi) is 2.80. The molecule has 0 aliphatic carbocycles. The van der Waals surface area contributed by atoms with E-state index >= 15 is 0 Å². The zero-order valence-electron chi connectivity index (χ0n) is 10.6. The Morgan fingerprint density at radius 2 is 1.89 bits per heavy atom. The Balaban J connectivity index is 2.03. The molecule has 94 valence electrons. The van der Waals surface area contributed by atoms with Crippen molar-refractivity contribution in [2.75, 3.05) is 43.9 Å². The van der Waals surface area contributed by atoms with Crippen LogP contribution in [0.15, 0.2) is 30.5 Å². The lowest BCUT2D eigenvalue weighted by Crippen LogP contribution is -2.44. The number of likely N-dealkylation sites (N-methyl/N-ethyl adjacent to an activating group) is 1. The van der Waals surface area contributed by atoms with Gasteiger partial charge in [-0.25, -0.2) is 0 Å². The van der Waals surface area contributed by atoms with Crippen molar-refractivity contribution >= 4 is 22.3 Å². The Labute approximate surface area is 107 Å². The number of nitrogens with zero attached hydrogens (tertiary/aromatic N) is 3. The largest absolute Gasteiger partial charge is 0.399 e. The first-order chi connectivity index (χ1) is 8.74. The van der Waals surface area contributed by atoms with Gasteiger partial charge in [-0.3, -0.25) is 4.98 Å². The number of hydrogen-bond acceptors (Lipinski definition) is 4. The molecule has 0 radical (unpaired) electrons. The van der Waals surface area contributed by atoms with Gasteiger partial charge >= 0.3 is 0 Å². The number of pyridine rings is 1. The summed E-state index contributed by atoms with van der Waals surface area (Å²) in [4.78, 5) is 9.18. The second kappa shape index (κ2) is 4.46. The molecule has 0 saturated carbocycles. The number of benzene rings is 1. The van der Waals surface area contributed by atoms with E-state index in [-0.39, 0.29) is 0 Å². The summed E-state index contributed by atoms with van der Waals surface area (Å²) in [6.07, 6.45) is 1.88. The van der Waals surface area contributed by atoms with E-state index in [2.05, 4.69) is 27.9 Å². The third-order valence-electron chi connectivity index (χ3n) is 3.59. The van der Waals surface area contributed by atoms with Crippen LogP contribution in [0.4, 0.5) is 11.4 Å². The third-order valence-corrected chi connectivity index (χ3v) is 3.59. The first kappa shape index (κ1) is 11.3. The highest BCUT2D eigenvalue weighted by molar-refractivity contribution is 5.93. The second-order valence-corrected chi connectivity index (χ2v) is 4.90. The summed E-state index contributed by atoms with van der Waals surface area (Å²) in [5, 5.41) is 1.15. The Morgan fingerprint density at radius 3 is 2.67 bits per heavy atom. The van der Waals surface area contributed by atoms with Crippen molar-refractivity contribution in [1.29, 1.82) is 0 Å². The van der Waals surface area contributed by atoms with E-state index in [4.69, 9.17) is 5.73 Å². The fourth-order valence-corrected chi connectivity index (χ4v) is 2.47. The Bertz CT molecular complexity index is 559. The summed E-state index contributed by atoms with van der Waals surface area (Å²) in [7, 11) is 2.17. The van der Waals surface area contributed by atoms with Gasteiger partial charge in [-0.2, -0.15) is 0 Å². The number of aromatic nitrogens is 1. The Hall–Kier alpha value is -1.81. The van der Waals surface area contributed by atoms with Crippen molar-refractivity contribution in [2.24, 2.45) is 0 Å². The Morgan fingerprint density at radius 1 is 1.11 bits per heavy atom. The highest BCUT2D eigenvalue weighted by Crippen LogP contribution is 2.27. The van der Waals surface area contributed by atoms with Crippen LogP contribution in [0.2, 0.25) is 0 Å². The van der Waals surface area contributed by atoms with E-state index < -0.39 is 0 Å². The molecule has 4 heteroatoms. The average molecular weight is 242 g/mol. The van der Waals surface area contributed by atoms with Gasteiger partial charge in [0.25, 0.3) is 0 Å². The lowest BCUT2D eigenvalue weighted by molar-refractivity contribution is 0.313. The topological polar surface area (TPSA) is 45.4 Å². The van der Waals surface area contributed by atoms with Gasteiger partial charge in [-0.15, -0.1) is 0 Å². The maximum absolute atomic E-state index is 5.89. The van der Waals surface area contributed by atoms with Crippen LogP contribution < -0.4 is 10.6 Å². The first-order valence-electron chi connectivity index (χ1n) is 6.32. The lowest BCUT2D eigenvalue weighted by Gasteiger charge is -2.34. The van der Waals surface area contributed by atoms with Crippen LogP contribution in [0.25, 0.3) is 10.9 Å². The van der Waals surface area contributed by atoms with Gasteiger partial charge in [0.1, 0.15) is 0 Å². The maximum atomic E-state index is 5.89. The van der Waals surface area contributed by atoms with E-state index in [1.807, 2.05) is 24.4 Å². The molecule has 1 aromatic heterocycles. The molecule has 1 aliphatic heterocycles. The molecule has 0 spiro atoms. The highest BCUT2D eigenvalue weighted by atomic mass is 15.2. The van der Waals surface area contributed by atoms with Gasteiger partial charge in [0, 0.05) is 49.1 Å². The minimum Gasteiger partial charge on any atom is -0.399 e. The molecule has 0 bridgehead atoms. The van der Waals surface area contributed by atoms with E-state index in [0.717, 1.165) is 42.8 Å². The molecule has 2 heterocycles. The summed E-state index contributed by atoms with van der Waals surface area (Å²) in [5.41, 5.74) is 8.95. The number of nitrogen functional groups attached to an aromatic ring is 1. The minimum absolute atomic E-state index is 0.797. The third kappa shape index (κ3) is 1.99. The smallest absolute Gasteiger partial charge is 0.0724 e. The fourth-order valence-electron chi connectivity index (χ4n) is 2.47. The molecular weight excluding hydrogens is 224 g/mol. The van der Waals surface area contributed by atoms with Crippen LogP contribution in [0.3, 0.4) is 0 Å². The van der Waals surface area contributed by atoms with Crippen molar-refractivity contribution in [2.45, 2.75) is 0 Å². The van der Waals surface area contributed by atoms with E-state index in [0.29, 0.717) is 0 Å². The number of nitrogens with two attached hydrogens (primary N) is 1. The number of fused-ring (bicyclic) bond motifs is 1. The predicted molar refractivity (Wildman–Crippen MR) is 75.9 cm³/mol. The van der Waals surface area contributed by atoms with Gasteiger partial charge in [0.2, 0.25) is 0 Å². The summed E-state index contributed by atoms with van der Waals surface area (Å²) in [6, 6.07) is 8.01. The zero-order valence-corrected chi connectivity index (χ0v) is 10.6. The van der Waals surface area contributed by atoms with Gasteiger partial charge in [0.05, 0.1) is 5.52 Å².